The van der Waals surface area contributed by atoms with Crippen LogP contribution in [0.25, 0.3) is 22.6 Å². The first-order valence-corrected chi connectivity index (χ1v) is 11.3. The normalized spacial score (nSPS) is 17.0. The van der Waals surface area contributed by atoms with Gasteiger partial charge in [0.05, 0.1) is 37.3 Å². The van der Waals surface area contributed by atoms with Gasteiger partial charge in [-0.2, -0.15) is 5.26 Å². The van der Waals surface area contributed by atoms with Crippen molar-refractivity contribution < 1.29 is 23.1 Å². The van der Waals surface area contributed by atoms with Crippen LogP contribution < -0.4 is 10.1 Å². The number of nitrogens with one attached hydrogen (secondary N) is 1. The molecule has 3 aromatic rings. The highest BCUT2D eigenvalue weighted by Crippen LogP contribution is 2.31. The minimum Gasteiger partial charge on any atom is -0.497 e. The molecular weight excluding hydrogens is 466 g/mol. The van der Waals surface area contributed by atoms with Crippen LogP contribution in [-0.4, -0.2) is 53.9 Å². The molecule has 2 heterocycles. The van der Waals surface area contributed by atoms with Crippen LogP contribution in [0.4, 0.5) is 8.78 Å². The standard InChI is InChI=1S/C27H24F2N4O3/c1-17(11-18-3-6-21(36-2)7-4-18)19-5-8-24-23(12-19)22(9-10-31-24)26(35)32-15-25(34)33-16-27(28,29)13-20(33)14-30/h3-12,20H,13,15-16H2,1-2H3,(H,32,35)/b17-11+/t20-/m0/s1. The van der Waals surface area contributed by atoms with Crippen molar-refractivity contribution in [2.75, 3.05) is 20.2 Å². The topological polar surface area (TPSA) is 95.3 Å². The zero-order valence-electron chi connectivity index (χ0n) is 19.8. The number of ether oxygens (including phenoxy) is 1. The zero-order chi connectivity index (χ0) is 25.9. The minimum absolute atomic E-state index is 0.301. The van der Waals surface area contributed by atoms with Crippen LogP contribution in [0.3, 0.4) is 0 Å². The largest absolute Gasteiger partial charge is 0.497 e. The van der Waals surface area contributed by atoms with Gasteiger partial charge in [-0.3, -0.25) is 14.6 Å². The second-order valence-corrected chi connectivity index (χ2v) is 8.60. The lowest BCUT2D eigenvalue weighted by molar-refractivity contribution is -0.131. The number of alkyl halides is 2. The molecule has 4 rings (SSSR count). The van der Waals surface area contributed by atoms with Gasteiger partial charge in [0, 0.05) is 18.0 Å². The average Bonchev–Trinajstić information content (AvgIpc) is 3.21. The minimum atomic E-state index is -3.12. The number of allylic oxidation sites excluding steroid dienone is 1. The quantitative estimate of drug-likeness (QED) is 0.520. The predicted octanol–water partition coefficient (Wildman–Crippen LogP) is 4.29. The number of carbonyl (C=O) groups is 2. The summed E-state index contributed by atoms with van der Waals surface area (Å²) in [7, 11) is 1.61. The van der Waals surface area contributed by atoms with Gasteiger partial charge >= 0.3 is 0 Å². The fraction of sp³-hybridized carbons (Fsp3) is 0.259. The summed E-state index contributed by atoms with van der Waals surface area (Å²) in [5.74, 6) is -3.62. The van der Waals surface area contributed by atoms with Gasteiger partial charge in [-0.05, 0) is 54.0 Å². The first kappa shape index (κ1) is 24.8. The van der Waals surface area contributed by atoms with E-state index in [0.29, 0.717) is 16.5 Å². The number of carbonyl (C=O) groups excluding carboxylic acids is 2. The van der Waals surface area contributed by atoms with E-state index in [1.54, 1.807) is 13.2 Å². The van der Waals surface area contributed by atoms with E-state index >= 15 is 0 Å². The molecule has 1 aromatic heterocycles. The number of fused-ring (bicyclic) bond motifs is 1. The molecule has 9 heteroatoms. The summed E-state index contributed by atoms with van der Waals surface area (Å²) < 4.78 is 32.5. The maximum absolute atomic E-state index is 13.7. The van der Waals surface area contributed by atoms with Crippen molar-refractivity contribution in [2.24, 2.45) is 0 Å². The summed E-state index contributed by atoms with van der Waals surface area (Å²) in [6, 6.07) is 15.2. The summed E-state index contributed by atoms with van der Waals surface area (Å²) in [5, 5.41) is 12.2. The number of methoxy groups -OCH3 is 1. The van der Waals surface area contributed by atoms with Crippen molar-refractivity contribution in [3.05, 3.63) is 71.4 Å². The highest BCUT2D eigenvalue weighted by molar-refractivity contribution is 6.07. The maximum atomic E-state index is 13.7. The van der Waals surface area contributed by atoms with E-state index in [0.717, 1.165) is 27.3 Å². The molecule has 1 atom stereocenters. The number of likely N-dealkylation sites (tertiary alicyclic amines) is 1. The van der Waals surface area contributed by atoms with E-state index in [1.165, 1.54) is 12.3 Å². The molecule has 0 unspecified atom stereocenters. The molecule has 0 radical (unpaired) electrons. The molecule has 2 amide bonds. The molecule has 0 bridgehead atoms. The maximum Gasteiger partial charge on any atom is 0.268 e. The van der Waals surface area contributed by atoms with Crippen molar-refractivity contribution in [1.82, 2.24) is 15.2 Å². The number of pyridine rings is 1. The van der Waals surface area contributed by atoms with E-state index < -0.39 is 43.3 Å². The second-order valence-electron chi connectivity index (χ2n) is 8.60. The smallest absolute Gasteiger partial charge is 0.268 e. The van der Waals surface area contributed by atoms with Crippen molar-refractivity contribution in [1.29, 1.82) is 5.26 Å². The highest BCUT2D eigenvalue weighted by atomic mass is 19.3. The number of hydrogen-bond acceptors (Lipinski definition) is 5. The van der Waals surface area contributed by atoms with Crippen LogP contribution in [0.15, 0.2) is 54.7 Å². The summed E-state index contributed by atoms with van der Waals surface area (Å²) >= 11 is 0. The van der Waals surface area contributed by atoms with Gasteiger partial charge in [-0.15, -0.1) is 0 Å². The predicted molar refractivity (Wildman–Crippen MR) is 131 cm³/mol. The lowest BCUT2D eigenvalue weighted by Gasteiger charge is -2.19. The molecule has 0 aliphatic carbocycles. The van der Waals surface area contributed by atoms with Gasteiger partial charge in [-0.25, -0.2) is 8.78 Å². The number of nitrogens with zero attached hydrogens (tertiary/aromatic N) is 3. The third kappa shape index (κ3) is 5.33. The molecule has 1 fully saturated rings. The summed E-state index contributed by atoms with van der Waals surface area (Å²) in [6.07, 6.45) is 2.79. The Labute approximate surface area is 207 Å². The fourth-order valence-electron chi connectivity index (χ4n) is 4.17. The molecular formula is C27H24F2N4O3. The Balaban J connectivity index is 1.53. The first-order valence-electron chi connectivity index (χ1n) is 11.3. The first-order chi connectivity index (χ1) is 17.2. The van der Waals surface area contributed by atoms with Crippen molar-refractivity contribution in [3.8, 4) is 11.8 Å². The van der Waals surface area contributed by atoms with Gasteiger partial charge < -0.3 is 15.0 Å². The third-order valence-corrected chi connectivity index (χ3v) is 6.08. The van der Waals surface area contributed by atoms with E-state index in [4.69, 9.17) is 10.00 Å². The Morgan fingerprint density at radius 1 is 1.25 bits per heavy atom. The number of halogens is 2. The van der Waals surface area contributed by atoms with Crippen LogP contribution in [0, 0.1) is 11.3 Å². The zero-order valence-corrected chi connectivity index (χ0v) is 19.8. The van der Waals surface area contributed by atoms with Crippen molar-refractivity contribution >= 4 is 34.4 Å². The molecule has 1 saturated heterocycles. The van der Waals surface area contributed by atoms with Gasteiger partial charge in [0.25, 0.3) is 11.8 Å². The molecule has 7 nitrogen and oxygen atoms in total. The Morgan fingerprint density at radius 3 is 2.69 bits per heavy atom. The van der Waals surface area contributed by atoms with E-state index in [9.17, 15) is 18.4 Å². The number of aromatic nitrogens is 1. The van der Waals surface area contributed by atoms with E-state index in [-0.39, 0.29) is 0 Å². The number of amides is 2. The Hall–Kier alpha value is -4.32. The van der Waals surface area contributed by atoms with Crippen LogP contribution in [-0.2, 0) is 4.79 Å². The molecule has 1 aliphatic rings. The second kappa shape index (κ2) is 10.1. The van der Waals surface area contributed by atoms with Gasteiger partial charge in [0.2, 0.25) is 5.91 Å². The molecule has 1 N–H and O–H groups in total. The molecule has 0 saturated carbocycles. The fourth-order valence-corrected chi connectivity index (χ4v) is 4.17. The molecule has 36 heavy (non-hydrogen) atoms. The van der Waals surface area contributed by atoms with Crippen LogP contribution in [0.2, 0.25) is 0 Å². The third-order valence-electron chi connectivity index (χ3n) is 6.08. The molecule has 0 spiro atoms. The van der Waals surface area contributed by atoms with E-state index in [1.807, 2.05) is 55.5 Å². The monoisotopic (exact) mass is 490 g/mol. The lowest BCUT2D eigenvalue weighted by Crippen LogP contribution is -2.43. The van der Waals surface area contributed by atoms with Crippen molar-refractivity contribution in [2.45, 2.75) is 25.3 Å². The number of rotatable bonds is 6. The number of benzene rings is 2. The molecule has 184 valence electrons. The number of nitriles is 1. The summed E-state index contributed by atoms with van der Waals surface area (Å²) in [6.45, 7) is 0.631. The van der Waals surface area contributed by atoms with Crippen LogP contribution >= 0.6 is 0 Å². The average molecular weight is 491 g/mol. The Morgan fingerprint density at radius 2 is 2.00 bits per heavy atom. The van der Waals surface area contributed by atoms with Gasteiger partial charge in [0.15, 0.2) is 0 Å². The summed E-state index contributed by atoms with van der Waals surface area (Å²) in [5.41, 5.74) is 3.73. The molecule has 2 aromatic carbocycles. The Bertz CT molecular complexity index is 1380. The Kier molecular flexibility index (Phi) is 6.97. The van der Waals surface area contributed by atoms with Gasteiger partial charge in [-0.1, -0.05) is 24.3 Å². The van der Waals surface area contributed by atoms with Gasteiger partial charge in [0.1, 0.15) is 11.8 Å². The summed E-state index contributed by atoms with van der Waals surface area (Å²) in [4.78, 5) is 30.5. The lowest BCUT2D eigenvalue weighted by atomic mass is 10.00. The van der Waals surface area contributed by atoms with Crippen LogP contribution in [0.5, 0.6) is 5.75 Å². The van der Waals surface area contributed by atoms with E-state index in [2.05, 4.69) is 10.3 Å². The highest BCUT2D eigenvalue weighted by Gasteiger charge is 2.47. The van der Waals surface area contributed by atoms with Crippen LogP contribution in [0.1, 0.15) is 34.8 Å². The SMILES string of the molecule is COc1ccc(/C=C(\C)c2ccc3nccc(C(=O)NCC(=O)N4CC(F)(F)C[C@H]4C#N)c3c2)cc1. The number of hydrogen-bond donors (Lipinski definition) is 1. The molecule has 1 aliphatic heterocycles. The van der Waals surface area contributed by atoms with Crippen molar-refractivity contribution in [3.63, 3.8) is 0 Å².